The molecule has 0 saturated heterocycles. The largest absolute Gasteiger partial charge is 0.397 e. The summed E-state index contributed by atoms with van der Waals surface area (Å²) >= 11 is 0. The van der Waals surface area contributed by atoms with E-state index in [0.29, 0.717) is 11.3 Å². The molecule has 2 aromatic rings. The molecule has 0 aliphatic carbocycles. The van der Waals surface area contributed by atoms with Gasteiger partial charge in [-0.25, -0.2) is 9.97 Å². The first-order valence-corrected chi connectivity index (χ1v) is 3.18. The summed E-state index contributed by atoms with van der Waals surface area (Å²) < 4.78 is 0. The Morgan fingerprint density at radius 1 is 1.09 bits per heavy atom. The van der Waals surface area contributed by atoms with E-state index in [1.807, 2.05) is 0 Å². The lowest BCUT2D eigenvalue weighted by atomic mass is 10.4. The summed E-state index contributed by atoms with van der Waals surface area (Å²) in [4.78, 5) is 12.0. The summed E-state index contributed by atoms with van der Waals surface area (Å²) in [5.41, 5.74) is 7.46. The predicted molar refractivity (Wildman–Crippen MR) is 41.7 cm³/mol. The van der Waals surface area contributed by atoms with E-state index in [1.54, 1.807) is 24.7 Å². The highest BCUT2D eigenvalue weighted by Gasteiger charge is 1.94. The molecule has 0 atom stereocenters. The van der Waals surface area contributed by atoms with E-state index in [0.717, 1.165) is 5.52 Å². The number of fused-ring (bicyclic) bond motifs is 1. The average molecular weight is 146 g/mol. The van der Waals surface area contributed by atoms with Crippen LogP contribution in [0.5, 0.6) is 0 Å². The van der Waals surface area contributed by atoms with Crippen LogP contribution < -0.4 is 5.73 Å². The highest BCUT2D eigenvalue weighted by Crippen LogP contribution is 2.07. The SMILES string of the molecule is Nc1cnc2nccnc2c1. The van der Waals surface area contributed by atoms with Crippen molar-refractivity contribution in [2.75, 3.05) is 5.73 Å². The fraction of sp³-hybridized carbons (Fsp3) is 0. The molecular formula is C7H6N4. The zero-order valence-electron chi connectivity index (χ0n) is 5.73. The summed E-state index contributed by atoms with van der Waals surface area (Å²) in [7, 11) is 0. The number of hydrogen-bond acceptors (Lipinski definition) is 4. The maximum atomic E-state index is 5.49. The number of aromatic nitrogens is 3. The average Bonchev–Trinajstić information content (AvgIpc) is 2.04. The zero-order chi connectivity index (χ0) is 7.68. The third-order valence-corrected chi connectivity index (χ3v) is 1.35. The van der Waals surface area contributed by atoms with E-state index in [9.17, 15) is 0 Å². The normalized spacial score (nSPS) is 10.2. The first-order chi connectivity index (χ1) is 5.36. The minimum atomic E-state index is 0.609. The first kappa shape index (κ1) is 6.03. The Morgan fingerprint density at radius 2 is 1.91 bits per heavy atom. The predicted octanol–water partition coefficient (Wildman–Crippen LogP) is 0.607. The highest BCUT2D eigenvalue weighted by molar-refractivity contribution is 5.72. The minimum absolute atomic E-state index is 0.609. The van der Waals surface area contributed by atoms with Crippen molar-refractivity contribution in [3.05, 3.63) is 24.7 Å². The van der Waals surface area contributed by atoms with Gasteiger partial charge in [0.15, 0.2) is 5.65 Å². The second kappa shape index (κ2) is 2.16. The topological polar surface area (TPSA) is 64.7 Å². The second-order valence-electron chi connectivity index (χ2n) is 2.17. The maximum Gasteiger partial charge on any atom is 0.178 e. The standard InChI is InChI=1S/C7H6N4/c8-5-3-6-7(11-4-5)10-2-1-9-6/h1-4H,8H2. The van der Waals surface area contributed by atoms with Crippen molar-refractivity contribution in [2.24, 2.45) is 0 Å². The van der Waals surface area contributed by atoms with Crippen LogP contribution >= 0.6 is 0 Å². The molecule has 0 fully saturated rings. The monoisotopic (exact) mass is 146 g/mol. The van der Waals surface area contributed by atoms with Gasteiger partial charge < -0.3 is 5.73 Å². The molecule has 0 aromatic carbocycles. The van der Waals surface area contributed by atoms with Gasteiger partial charge in [0.1, 0.15) is 5.52 Å². The molecule has 4 heteroatoms. The molecule has 0 saturated carbocycles. The molecule has 2 N–H and O–H groups in total. The lowest BCUT2D eigenvalue weighted by Crippen LogP contribution is -1.90. The van der Waals surface area contributed by atoms with E-state index in [4.69, 9.17) is 5.73 Å². The fourth-order valence-electron chi connectivity index (χ4n) is 0.874. The lowest BCUT2D eigenvalue weighted by molar-refractivity contribution is 1.23. The second-order valence-corrected chi connectivity index (χ2v) is 2.17. The van der Waals surface area contributed by atoms with Gasteiger partial charge in [-0.05, 0) is 6.07 Å². The Morgan fingerprint density at radius 3 is 2.82 bits per heavy atom. The number of anilines is 1. The molecule has 54 valence electrons. The number of rotatable bonds is 0. The van der Waals surface area contributed by atoms with E-state index in [-0.39, 0.29) is 0 Å². The van der Waals surface area contributed by atoms with Crippen LogP contribution in [0.15, 0.2) is 24.7 Å². The smallest absolute Gasteiger partial charge is 0.178 e. The van der Waals surface area contributed by atoms with Gasteiger partial charge >= 0.3 is 0 Å². The van der Waals surface area contributed by atoms with Crippen molar-refractivity contribution in [3.63, 3.8) is 0 Å². The van der Waals surface area contributed by atoms with Crippen LogP contribution in [0.2, 0.25) is 0 Å². The van der Waals surface area contributed by atoms with Gasteiger partial charge in [-0.1, -0.05) is 0 Å². The molecule has 0 amide bonds. The van der Waals surface area contributed by atoms with Gasteiger partial charge in [0.05, 0.1) is 11.9 Å². The van der Waals surface area contributed by atoms with Crippen molar-refractivity contribution in [1.82, 2.24) is 15.0 Å². The van der Waals surface area contributed by atoms with E-state index in [2.05, 4.69) is 15.0 Å². The summed E-state index contributed by atoms with van der Waals surface area (Å²) in [6, 6.07) is 1.75. The Bertz CT molecular complexity index is 385. The fourth-order valence-corrected chi connectivity index (χ4v) is 0.874. The molecule has 0 aliphatic rings. The number of pyridine rings is 1. The summed E-state index contributed by atoms with van der Waals surface area (Å²) in [5.74, 6) is 0. The van der Waals surface area contributed by atoms with Gasteiger partial charge in [0, 0.05) is 12.4 Å². The molecule has 0 bridgehead atoms. The molecule has 0 aliphatic heterocycles. The number of nitrogens with two attached hydrogens (primary N) is 1. The third-order valence-electron chi connectivity index (χ3n) is 1.35. The zero-order valence-corrected chi connectivity index (χ0v) is 5.73. The summed E-state index contributed by atoms with van der Waals surface area (Å²) in [6.45, 7) is 0. The highest BCUT2D eigenvalue weighted by atomic mass is 14.9. The lowest BCUT2D eigenvalue weighted by Gasteiger charge is -1.94. The van der Waals surface area contributed by atoms with Crippen LogP contribution in [-0.2, 0) is 0 Å². The Kier molecular flexibility index (Phi) is 1.18. The number of nitrogen functional groups attached to an aromatic ring is 1. The van der Waals surface area contributed by atoms with Crippen molar-refractivity contribution < 1.29 is 0 Å². The number of nitrogens with zero attached hydrogens (tertiary/aromatic N) is 3. The summed E-state index contributed by atoms with van der Waals surface area (Å²) in [5, 5.41) is 0. The van der Waals surface area contributed by atoms with Gasteiger partial charge in [-0.2, -0.15) is 0 Å². The molecule has 0 radical (unpaired) electrons. The van der Waals surface area contributed by atoms with Crippen LogP contribution in [0, 0.1) is 0 Å². The molecule has 11 heavy (non-hydrogen) atoms. The Labute approximate surface area is 63.1 Å². The molecule has 2 rings (SSSR count). The van der Waals surface area contributed by atoms with Crippen LogP contribution in [0.4, 0.5) is 5.69 Å². The van der Waals surface area contributed by atoms with Crippen LogP contribution in [-0.4, -0.2) is 15.0 Å². The molecule has 4 nitrogen and oxygen atoms in total. The summed E-state index contributed by atoms with van der Waals surface area (Å²) in [6.07, 6.45) is 4.78. The number of hydrogen-bond donors (Lipinski definition) is 1. The van der Waals surface area contributed by atoms with E-state index < -0.39 is 0 Å². The quantitative estimate of drug-likeness (QED) is 0.591. The van der Waals surface area contributed by atoms with Crippen LogP contribution in [0.25, 0.3) is 11.2 Å². The maximum absolute atomic E-state index is 5.49. The molecule has 0 unspecified atom stereocenters. The Balaban J connectivity index is 2.83. The minimum Gasteiger partial charge on any atom is -0.397 e. The molecule has 2 aromatic heterocycles. The van der Waals surface area contributed by atoms with Gasteiger partial charge in [0.2, 0.25) is 0 Å². The third kappa shape index (κ3) is 0.980. The van der Waals surface area contributed by atoms with Gasteiger partial charge in [0.25, 0.3) is 0 Å². The van der Waals surface area contributed by atoms with E-state index in [1.165, 1.54) is 0 Å². The van der Waals surface area contributed by atoms with E-state index >= 15 is 0 Å². The van der Waals surface area contributed by atoms with Crippen LogP contribution in [0.3, 0.4) is 0 Å². The first-order valence-electron chi connectivity index (χ1n) is 3.18. The van der Waals surface area contributed by atoms with Crippen molar-refractivity contribution >= 4 is 16.9 Å². The van der Waals surface area contributed by atoms with Crippen LogP contribution in [0.1, 0.15) is 0 Å². The van der Waals surface area contributed by atoms with Gasteiger partial charge in [-0.15, -0.1) is 0 Å². The van der Waals surface area contributed by atoms with Gasteiger partial charge in [-0.3, -0.25) is 4.98 Å². The Hall–Kier alpha value is -1.71. The van der Waals surface area contributed by atoms with Crippen molar-refractivity contribution in [1.29, 1.82) is 0 Å². The molecule has 0 spiro atoms. The van der Waals surface area contributed by atoms with Crippen molar-refractivity contribution in [3.8, 4) is 0 Å². The molecule has 2 heterocycles. The molecular weight excluding hydrogens is 140 g/mol. The van der Waals surface area contributed by atoms with Crippen molar-refractivity contribution in [2.45, 2.75) is 0 Å².